The van der Waals surface area contributed by atoms with Crippen molar-refractivity contribution in [3.63, 3.8) is 0 Å². The first-order valence-electron chi connectivity index (χ1n) is 21.0. The van der Waals surface area contributed by atoms with Gasteiger partial charge in [0, 0.05) is 0 Å². The van der Waals surface area contributed by atoms with Crippen LogP contribution in [0.3, 0.4) is 0 Å². The van der Waals surface area contributed by atoms with Gasteiger partial charge in [0.1, 0.15) is 0 Å². The van der Waals surface area contributed by atoms with Gasteiger partial charge in [-0.2, -0.15) is 0 Å². The Hall–Kier alpha value is -5.30. The molecule has 0 bridgehead atoms. The van der Waals surface area contributed by atoms with E-state index in [-0.39, 0.29) is 44.3 Å². The van der Waals surface area contributed by atoms with Crippen molar-refractivity contribution in [1.29, 1.82) is 0 Å². The molecule has 0 spiro atoms. The quantitative estimate of drug-likeness (QED) is 0.0996. The van der Waals surface area contributed by atoms with E-state index >= 15 is 0 Å². The first kappa shape index (κ1) is 49.1. The monoisotopic (exact) mass is 1000 g/mol. The van der Waals surface area contributed by atoms with Gasteiger partial charge in [-0.15, -0.1) is 12.1 Å². The first-order chi connectivity index (χ1) is 30.7. The van der Waals surface area contributed by atoms with Crippen LogP contribution in [-0.2, 0) is 19.5 Å². The maximum atomic E-state index is 8.07. The Bertz CT molecular complexity index is 2720. The van der Waals surface area contributed by atoms with E-state index in [1.165, 1.54) is 64.5 Å². The normalized spacial score (nSPS) is 11.6. The second-order valence-electron chi connectivity index (χ2n) is 15.2. The minimum Gasteiger partial charge on any atom is -1.00 e. The van der Waals surface area contributed by atoms with Crippen molar-refractivity contribution < 1.29 is 44.3 Å². The van der Waals surface area contributed by atoms with Gasteiger partial charge >= 0.3 is 19.5 Å². The molecule has 320 valence electrons. The third kappa shape index (κ3) is 11.0. The third-order valence-corrected chi connectivity index (χ3v) is 16.2. The van der Waals surface area contributed by atoms with Gasteiger partial charge in [-0.05, 0) is 80.3 Å². The Balaban J connectivity index is 0.000000314. The van der Waals surface area contributed by atoms with Crippen LogP contribution in [0.25, 0.3) is 44.1 Å². The van der Waals surface area contributed by atoms with Crippen LogP contribution in [-0.4, -0.2) is 0 Å². The van der Waals surface area contributed by atoms with Crippen LogP contribution in [0.4, 0.5) is 0 Å². The molecule has 0 heterocycles. The Morgan fingerprint density at radius 3 is 0.815 bits per heavy atom. The van der Waals surface area contributed by atoms with E-state index < -0.39 is 27.9 Å². The molecule has 0 aliphatic rings. The summed E-state index contributed by atoms with van der Waals surface area (Å²) in [5.41, 5.74) is 20.6. The standard InChI is InChI=1S/C44H32P2.C14H14N2.2ClH.Ru/c1-5-19-35(20-6-1)45(36-21-7-2-8-22-36)41-31-29-33-17-13-15-27-39(33)43(41)44-40-28-16-14-18-34(40)30-32-42(44)46(37-23-9-3-10-24-37)38-25-11-4-12-26-38;15-13(11-7-3-1-4-8-11)14(16)12-9-5-2-6-10-12;;;/h1-32H;1-10,13-16H;2*1H;/q;-2;;;+4/p-2/t;13-,14-;;;/m.1.../s1. The molecule has 0 saturated heterocycles. The molecule has 10 aromatic carbocycles. The van der Waals surface area contributed by atoms with E-state index in [0.717, 1.165) is 11.1 Å². The fourth-order valence-electron chi connectivity index (χ4n) is 8.29. The van der Waals surface area contributed by atoms with Gasteiger partial charge in [-0.1, -0.05) is 266 Å². The molecule has 0 aliphatic heterocycles. The van der Waals surface area contributed by atoms with Crippen molar-refractivity contribution in [1.82, 2.24) is 0 Å². The van der Waals surface area contributed by atoms with Gasteiger partial charge in [-0.25, -0.2) is 0 Å². The molecule has 0 fully saturated rings. The van der Waals surface area contributed by atoms with Crippen LogP contribution in [0.5, 0.6) is 0 Å². The third-order valence-electron chi connectivity index (χ3n) is 11.3. The molecule has 0 radical (unpaired) electrons. The second kappa shape index (κ2) is 23.8. The molecule has 0 amide bonds. The van der Waals surface area contributed by atoms with Crippen LogP contribution < -0.4 is 56.6 Å². The van der Waals surface area contributed by atoms with Gasteiger partial charge in [0.25, 0.3) is 0 Å². The summed E-state index contributed by atoms with van der Waals surface area (Å²) in [7, 11) is -1.70. The Morgan fingerprint density at radius 1 is 0.277 bits per heavy atom. The van der Waals surface area contributed by atoms with Crippen LogP contribution in [0.15, 0.2) is 255 Å². The zero-order chi connectivity index (χ0) is 42.1. The van der Waals surface area contributed by atoms with Crippen LogP contribution >= 0.6 is 15.8 Å². The van der Waals surface area contributed by atoms with Crippen molar-refractivity contribution in [2.24, 2.45) is 0 Å². The molecule has 0 aromatic heterocycles. The number of halogens is 2. The largest absolute Gasteiger partial charge is 4.00 e. The van der Waals surface area contributed by atoms with Crippen molar-refractivity contribution >= 4 is 69.2 Å². The van der Waals surface area contributed by atoms with Crippen LogP contribution in [0.1, 0.15) is 23.2 Å². The Labute approximate surface area is 411 Å². The van der Waals surface area contributed by atoms with Crippen molar-refractivity contribution in [3.8, 4) is 11.1 Å². The van der Waals surface area contributed by atoms with Gasteiger partial charge < -0.3 is 36.3 Å². The molecule has 0 saturated carbocycles. The Morgan fingerprint density at radius 2 is 0.523 bits per heavy atom. The molecule has 0 unspecified atom stereocenters. The molecule has 2 atom stereocenters. The summed E-state index contributed by atoms with van der Waals surface area (Å²) >= 11 is 0. The first-order valence-corrected chi connectivity index (χ1v) is 23.7. The summed E-state index contributed by atoms with van der Waals surface area (Å²) in [5.74, 6) is 0. The maximum absolute atomic E-state index is 8.07. The van der Waals surface area contributed by atoms with Crippen molar-refractivity contribution in [2.75, 3.05) is 0 Å². The summed E-state index contributed by atoms with van der Waals surface area (Å²) in [6, 6.07) is 89.9. The number of nitrogens with one attached hydrogen (secondary N) is 2. The van der Waals surface area contributed by atoms with E-state index in [1.54, 1.807) is 0 Å². The van der Waals surface area contributed by atoms with Gasteiger partial charge in [0.15, 0.2) is 0 Å². The molecular formula is C58H46Cl2N2P2Ru. The second-order valence-corrected chi connectivity index (χ2v) is 19.5. The minimum absolute atomic E-state index is 0. The number of benzene rings is 10. The Kier molecular flexibility index (Phi) is 18.0. The summed E-state index contributed by atoms with van der Waals surface area (Å²) in [6.07, 6.45) is 0. The van der Waals surface area contributed by atoms with Gasteiger partial charge in [-0.3, -0.25) is 0 Å². The smallest absolute Gasteiger partial charge is 1.00 e. The number of hydrogen-bond acceptors (Lipinski definition) is 0. The van der Waals surface area contributed by atoms with E-state index in [1.807, 2.05) is 60.7 Å². The maximum Gasteiger partial charge on any atom is 4.00 e. The summed E-state index contributed by atoms with van der Waals surface area (Å²) in [5, 5.41) is 13.3. The predicted octanol–water partition coefficient (Wildman–Crippen LogP) is 7.76. The molecule has 10 rings (SSSR count). The van der Waals surface area contributed by atoms with Crippen LogP contribution in [0.2, 0.25) is 0 Å². The summed E-state index contributed by atoms with van der Waals surface area (Å²) < 4.78 is 0. The molecule has 65 heavy (non-hydrogen) atoms. The zero-order valence-corrected chi connectivity index (χ0v) is 40.4. The number of fused-ring (bicyclic) bond motifs is 2. The van der Waals surface area contributed by atoms with Gasteiger partial charge in [0.2, 0.25) is 0 Å². The average Bonchev–Trinajstić information content (AvgIpc) is 3.36. The van der Waals surface area contributed by atoms with E-state index in [0.29, 0.717) is 0 Å². The minimum atomic E-state index is -0.852. The molecule has 10 aromatic rings. The van der Waals surface area contributed by atoms with Crippen LogP contribution in [0, 0.1) is 0 Å². The van der Waals surface area contributed by atoms with Crippen molar-refractivity contribution in [2.45, 2.75) is 12.1 Å². The zero-order valence-electron chi connectivity index (χ0n) is 35.4. The summed E-state index contributed by atoms with van der Waals surface area (Å²) in [6.45, 7) is 0. The topological polar surface area (TPSA) is 47.6 Å². The van der Waals surface area contributed by atoms with Crippen molar-refractivity contribution in [3.05, 3.63) is 277 Å². The van der Waals surface area contributed by atoms with Gasteiger partial charge in [0.05, 0.1) is 0 Å². The van der Waals surface area contributed by atoms with E-state index in [4.69, 9.17) is 11.5 Å². The fourth-order valence-corrected chi connectivity index (χ4v) is 13.2. The molecule has 7 heteroatoms. The molecular weight excluding hydrogens is 959 g/mol. The predicted molar refractivity (Wildman–Crippen MR) is 271 cm³/mol. The van der Waals surface area contributed by atoms with E-state index in [2.05, 4.69) is 194 Å². The fraction of sp³-hybridized carbons (Fsp3) is 0.0345. The number of hydrogen-bond donors (Lipinski definition) is 0. The molecule has 0 aliphatic carbocycles. The average molecular weight is 1000 g/mol. The SMILES string of the molecule is [Cl-].[Cl-].[NH-][C@H](c1ccccc1)[C@H]([NH-])c1ccccc1.[Ru+4].c1ccc(P(c2ccccc2)c2ccc3ccccc3c2-c2c(P(c3ccccc3)c3ccccc3)ccc3ccccc23)cc1. The summed E-state index contributed by atoms with van der Waals surface area (Å²) in [4.78, 5) is 0. The van der Waals surface area contributed by atoms with E-state index in [9.17, 15) is 0 Å². The number of rotatable bonds is 10. The molecule has 2 nitrogen and oxygen atoms in total. The molecule has 2 N–H and O–H groups in total.